The fraction of sp³-hybridized carbons (Fsp3) is 0.167. The van der Waals surface area contributed by atoms with Crippen LogP contribution in [0.2, 0.25) is 0 Å². The SMILES string of the molecule is CC1C(c2ccccc2)OC(=O)N1C(=O)Cc1ccc(Oc2ccccc2)cc1. The number of carbonyl (C=O) groups is 2. The summed E-state index contributed by atoms with van der Waals surface area (Å²) in [5.41, 5.74) is 1.68. The number of nitrogens with zero attached hydrogens (tertiary/aromatic N) is 1. The van der Waals surface area contributed by atoms with Crippen molar-refractivity contribution in [2.24, 2.45) is 0 Å². The van der Waals surface area contributed by atoms with Gasteiger partial charge in [0.05, 0.1) is 12.5 Å². The molecule has 5 heteroatoms. The minimum absolute atomic E-state index is 0.118. The maximum atomic E-state index is 12.8. The van der Waals surface area contributed by atoms with E-state index in [4.69, 9.17) is 9.47 Å². The van der Waals surface area contributed by atoms with E-state index in [2.05, 4.69) is 0 Å². The summed E-state index contributed by atoms with van der Waals surface area (Å²) in [6.45, 7) is 1.83. The predicted octanol–water partition coefficient (Wildman–Crippen LogP) is 5.13. The van der Waals surface area contributed by atoms with E-state index in [0.717, 1.165) is 16.9 Å². The van der Waals surface area contributed by atoms with E-state index in [0.29, 0.717) is 5.75 Å². The number of imide groups is 1. The molecule has 0 N–H and O–H groups in total. The van der Waals surface area contributed by atoms with Gasteiger partial charge in [-0.2, -0.15) is 0 Å². The Bertz CT molecular complexity index is 986. The van der Waals surface area contributed by atoms with Gasteiger partial charge in [-0.15, -0.1) is 0 Å². The lowest BCUT2D eigenvalue weighted by atomic mass is 10.0. The molecule has 2 atom stereocenters. The van der Waals surface area contributed by atoms with Crippen molar-refractivity contribution in [3.63, 3.8) is 0 Å². The van der Waals surface area contributed by atoms with Gasteiger partial charge in [-0.1, -0.05) is 60.7 Å². The Morgan fingerprint density at radius 2 is 1.48 bits per heavy atom. The molecule has 0 bridgehead atoms. The molecule has 3 aromatic carbocycles. The number of rotatable bonds is 5. The molecule has 1 heterocycles. The van der Waals surface area contributed by atoms with E-state index < -0.39 is 12.2 Å². The van der Waals surface area contributed by atoms with Crippen LogP contribution in [0.4, 0.5) is 4.79 Å². The van der Waals surface area contributed by atoms with Crippen LogP contribution in [0.3, 0.4) is 0 Å². The summed E-state index contributed by atoms with van der Waals surface area (Å²) in [4.78, 5) is 26.3. The highest BCUT2D eigenvalue weighted by Gasteiger charge is 2.43. The Morgan fingerprint density at radius 3 is 2.14 bits per heavy atom. The second-order valence-electron chi connectivity index (χ2n) is 6.96. The minimum atomic E-state index is -0.597. The number of ether oxygens (including phenoxy) is 2. The van der Waals surface area contributed by atoms with Gasteiger partial charge in [0, 0.05) is 0 Å². The number of benzene rings is 3. The number of carbonyl (C=O) groups excluding carboxylic acids is 2. The first-order valence-electron chi connectivity index (χ1n) is 9.51. The quantitative estimate of drug-likeness (QED) is 0.609. The van der Waals surface area contributed by atoms with Crippen LogP contribution in [-0.2, 0) is 16.0 Å². The van der Waals surface area contributed by atoms with Crippen molar-refractivity contribution in [3.8, 4) is 11.5 Å². The lowest BCUT2D eigenvalue weighted by Crippen LogP contribution is -2.38. The number of amides is 2. The van der Waals surface area contributed by atoms with E-state index in [1.807, 2.05) is 91.9 Å². The fourth-order valence-electron chi connectivity index (χ4n) is 3.44. The van der Waals surface area contributed by atoms with E-state index in [1.54, 1.807) is 0 Å². The van der Waals surface area contributed by atoms with E-state index in [9.17, 15) is 9.59 Å². The molecule has 0 aromatic heterocycles. The Morgan fingerprint density at radius 1 is 0.897 bits per heavy atom. The van der Waals surface area contributed by atoms with E-state index >= 15 is 0 Å². The normalized spacial score (nSPS) is 18.4. The summed E-state index contributed by atoms with van der Waals surface area (Å²) in [5.74, 6) is 1.15. The Balaban J connectivity index is 1.42. The van der Waals surface area contributed by atoms with Crippen LogP contribution in [0.15, 0.2) is 84.9 Å². The molecule has 146 valence electrons. The fourth-order valence-corrected chi connectivity index (χ4v) is 3.44. The zero-order valence-electron chi connectivity index (χ0n) is 16.0. The molecule has 2 amide bonds. The summed E-state index contributed by atoms with van der Waals surface area (Å²) in [6, 6.07) is 25.9. The highest BCUT2D eigenvalue weighted by Crippen LogP contribution is 2.32. The van der Waals surface area contributed by atoms with Crippen molar-refractivity contribution in [2.75, 3.05) is 0 Å². The van der Waals surface area contributed by atoms with E-state index in [-0.39, 0.29) is 18.4 Å². The predicted molar refractivity (Wildman–Crippen MR) is 109 cm³/mol. The molecular weight excluding hydrogens is 366 g/mol. The van der Waals surface area contributed by atoms with Crippen LogP contribution in [0, 0.1) is 0 Å². The van der Waals surface area contributed by atoms with Crippen LogP contribution in [0.5, 0.6) is 11.5 Å². The highest BCUT2D eigenvalue weighted by atomic mass is 16.6. The van der Waals surface area contributed by atoms with Crippen molar-refractivity contribution >= 4 is 12.0 Å². The second kappa shape index (κ2) is 8.19. The molecule has 1 aliphatic rings. The molecule has 5 nitrogen and oxygen atoms in total. The average molecular weight is 387 g/mol. The lowest BCUT2D eigenvalue weighted by molar-refractivity contribution is -0.128. The summed E-state index contributed by atoms with van der Waals surface area (Å²) in [6.07, 6.45) is -0.929. The van der Waals surface area contributed by atoms with Crippen molar-refractivity contribution in [1.29, 1.82) is 0 Å². The number of hydrogen-bond acceptors (Lipinski definition) is 4. The Hall–Kier alpha value is -3.60. The third-order valence-corrected chi connectivity index (χ3v) is 4.92. The van der Waals surface area contributed by atoms with Crippen LogP contribution in [0.1, 0.15) is 24.2 Å². The smallest absolute Gasteiger partial charge is 0.417 e. The summed E-state index contributed by atoms with van der Waals surface area (Å²) in [7, 11) is 0. The summed E-state index contributed by atoms with van der Waals surface area (Å²) < 4.78 is 11.2. The Kier molecular flexibility index (Phi) is 5.29. The first-order chi connectivity index (χ1) is 14.1. The van der Waals surface area contributed by atoms with Gasteiger partial charge in [0.2, 0.25) is 5.91 Å². The summed E-state index contributed by atoms with van der Waals surface area (Å²) >= 11 is 0. The van der Waals surface area contributed by atoms with Gasteiger partial charge in [0.15, 0.2) is 0 Å². The molecule has 0 spiro atoms. The molecule has 0 aliphatic carbocycles. The summed E-state index contributed by atoms with van der Waals surface area (Å²) in [5, 5.41) is 0. The van der Waals surface area contributed by atoms with Gasteiger partial charge in [0.25, 0.3) is 0 Å². The van der Waals surface area contributed by atoms with Crippen LogP contribution >= 0.6 is 0 Å². The molecule has 29 heavy (non-hydrogen) atoms. The van der Waals surface area contributed by atoms with Crippen molar-refractivity contribution in [3.05, 3.63) is 96.1 Å². The van der Waals surface area contributed by atoms with Gasteiger partial charge in [0.1, 0.15) is 17.6 Å². The van der Waals surface area contributed by atoms with Gasteiger partial charge < -0.3 is 9.47 Å². The van der Waals surface area contributed by atoms with Crippen molar-refractivity contribution in [1.82, 2.24) is 4.90 Å². The number of hydrogen-bond donors (Lipinski definition) is 0. The van der Waals surface area contributed by atoms with Crippen LogP contribution in [0.25, 0.3) is 0 Å². The lowest BCUT2D eigenvalue weighted by Gasteiger charge is -2.19. The van der Waals surface area contributed by atoms with E-state index in [1.165, 1.54) is 4.90 Å². The highest BCUT2D eigenvalue weighted by molar-refractivity contribution is 5.94. The number of para-hydroxylation sites is 1. The van der Waals surface area contributed by atoms with Crippen molar-refractivity contribution in [2.45, 2.75) is 25.5 Å². The van der Waals surface area contributed by atoms with Gasteiger partial charge >= 0.3 is 6.09 Å². The molecule has 2 unspecified atom stereocenters. The minimum Gasteiger partial charge on any atom is -0.457 e. The third kappa shape index (κ3) is 4.14. The molecule has 4 rings (SSSR count). The first kappa shape index (κ1) is 18.7. The van der Waals surface area contributed by atoms with Crippen LogP contribution < -0.4 is 4.74 Å². The molecule has 0 radical (unpaired) electrons. The maximum Gasteiger partial charge on any atom is 0.417 e. The topological polar surface area (TPSA) is 55.8 Å². The molecule has 3 aromatic rings. The Labute approximate surface area is 169 Å². The van der Waals surface area contributed by atoms with Crippen LogP contribution in [-0.4, -0.2) is 22.9 Å². The van der Waals surface area contributed by atoms with Gasteiger partial charge in [-0.25, -0.2) is 9.69 Å². The monoisotopic (exact) mass is 387 g/mol. The third-order valence-electron chi connectivity index (χ3n) is 4.92. The molecule has 1 aliphatic heterocycles. The average Bonchev–Trinajstić information content (AvgIpc) is 3.05. The molecular formula is C24H21NO4. The first-order valence-corrected chi connectivity index (χ1v) is 9.51. The largest absolute Gasteiger partial charge is 0.457 e. The molecule has 0 saturated carbocycles. The van der Waals surface area contributed by atoms with Crippen molar-refractivity contribution < 1.29 is 19.1 Å². The standard InChI is InChI=1S/C24H21NO4/c1-17-23(19-8-4-2-5-9-19)29-24(27)25(17)22(26)16-18-12-14-21(15-13-18)28-20-10-6-3-7-11-20/h2-15,17,23H,16H2,1H3. The zero-order valence-corrected chi connectivity index (χ0v) is 16.0. The van der Waals surface area contributed by atoms with Gasteiger partial charge in [-0.3, -0.25) is 4.79 Å². The second-order valence-corrected chi connectivity index (χ2v) is 6.96. The maximum absolute atomic E-state index is 12.8. The zero-order chi connectivity index (χ0) is 20.2. The van der Waals surface area contributed by atoms with Gasteiger partial charge in [-0.05, 0) is 42.3 Å². The molecule has 1 fully saturated rings. The number of cyclic esters (lactones) is 1. The molecule has 1 saturated heterocycles.